The van der Waals surface area contributed by atoms with E-state index >= 15 is 0 Å². The zero-order valence-electron chi connectivity index (χ0n) is 11.8. The maximum absolute atomic E-state index is 12.0. The molecule has 9 heteroatoms. The second-order valence-corrected chi connectivity index (χ2v) is 5.51. The van der Waals surface area contributed by atoms with Crippen LogP contribution in [0, 0.1) is 24.0 Å². The number of hydrogen-bond acceptors (Lipinski definition) is 4. The predicted octanol–water partition coefficient (Wildman–Crippen LogP) is 3.35. The van der Waals surface area contributed by atoms with Crippen LogP contribution in [0.25, 0.3) is 0 Å². The largest absolute Gasteiger partial charge is 0.324 e. The summed E-state index contributed by atoms with van der Waals surface area (Å²) in [7, 11) is 0. The first kappa shape index (κ1) is 16.3. The molecule has 0 fully saturated rings. The van der Waals surface area contributed by atoms with E-state index in [1.807, 2.05) is 0 Å². The van der Waals surface area contributed by atoms with Crippen molar-refractivity contribution in [3.05, 3.63) is 49.7 Å². The highest BCUT2D eigenvalue weighted by Gasteiger charge is 2.22. The predicted molar refractivity (Wildman–Crippen MR) is 83.4 cm³/mol. The number of nitrogens with zero attached hydrogens (tertiary/aromatic N) is 3. The summed E-state index contributed by atoms with van der Waals surface area (Å²) < 4.78 is 1.29. The van der Waals surface area contributed by atoms with Gasteiger partial charge in [-0.25, -0.2) is 0 Å². The van der Waals surface area contributed by atoms with Crippen molar-refractivity contribution < 1.29 is 9.72 Å². The van der Waals surface area contributed by atoms with E-state index in [1.165, 1.54) is 11.6 Å². The number of nitrogens with one attached hydrogen (secondary N) is 1. The number of hydrogen-bond donors (Lipinski definition) is 1. The van der Waals surface area contributed by atoms with Crippen molar-refractivity contribution >= 4 is 40.5 Å². The fraction of sp³-hybridized carbons (Fsp3) is 0.231. The van der Waals surface area contributed by atoms with Crippen molar-refractivity contribution in [2.24, 2.45) is 0 Å². The molecule has 1 heterocycles. The van der Waals surface area contributed by atoms with Crippen LogP contribution in [-0.2, 0) is 11.3 Å². The Kier molecular flexibility index (Phi) is 4.68. The van der Waals surface area contributed by atoms with E-state index in [-0.39, 0.29) is 23.8 Å². The lowest BCUT2D eigenvalue weighted by molar-refractivity contribution is -0.386. The van der Waals surface area contributed by atoms with Crippen LogP contribution in [0.15, 0.2) is 18.2 Å². The van der Waals surface area contributed by atoms with Crippen LogP contribution in [0.2, 0.25) is 10.0 Å². The lowest BCUT2D eigenvalue weighted by Gasteiger charge is -2.07. The van der Waals surface area contributed by atoms with E-state index in [0.29, 0.717) is 21.4 Å². The summed E-state index contributed by atoms with van der Waals surface area (Å²) in [5, 5.41) is 18.3. The zero-order chi connectivity index (χ0) is 16.4. The normalized spacial score (nSPS) is 10.5. The van der Waals surface area contributed by atoms with Gasteiger partial charge in [-0.3, -0.25) is 19.6 Å². The molecule has 0 spiro atoms. The van der Waals surface area contributed by atoms with Gasteiger partial charge in [0.25, 0.3) is 0 Å². The topological polar surface area (TPSA) is 90.1 Å². The minimum Gasteiger partial charge on any atom is -0.324 e. The summed E-state index contributed by atoms with van der Waals surface area (Å²) in [6.45, 7) is 2.92. The van der Waals surface area contributed by atoms with Crippen LogP contribution in [0.3, 0.4) is 0 Å². The van der Waals surface area contributed by atoms with Gasteiger partial charge in [0, 0.05) is 15.7 Å². The van der Waals surface area contributed by atoms with Crippen molar-refractivity contribution in [2.45, 2.75) is 20.4 Å². The third-order valence-electron chi connectivity index (χ3n) is 2.97. The maximum atomic E-state index is 12.0. The Labute approximate surface area is 136 Å². The molecule has 7 nitrogen and oxygen atoms in total. The fourth-order valence-corrected chi connectivity index (χ4v) is 2.59. The maximum Gasteiger partial charge on any atom is 0.312 e. The summed E-state index contributed by atoms with van der Waals surface area (Å²) in [6.07, 6.45) is 0. The molecule has 1 aromatic carbocycles. The van der Waals surface area contributed by atoms with Gasteiger partial charge >= 0.3 is 5.69 Å². The molecule has 22 heavy (non-hydrogen) atoms. The molecule has 1 N–H and O–H groups in total. The summed E-state index contributed by atoms with van der Waals surface area (Å²) in [5.41, 5.74) is 0.944. The lowest BCUT2D eigenvalue weighted by Crippen LogP contribution is -2.20. The Morgan fingerprint density at radius 3 is 2.41 bits per heavy atom. The monoisotopic (exact) mass is 342 g/mol. The molecule has 116 valence electrons. The van der Waals surface area contributed by atoms with E-state index in [4.69, 9.17) is 23.2 Å². The van der Waals surface area contributed by atoms with Crippen LogP contribution in [0.5, 0.6) is 0 Å². The Hall–Kier alpha value is -2.12. The Bertz CT molecular complexity index is 738. The highest BCUT2D eigenvalue weighted by Crippen LogP contribution is 2.23. The third kappa shape index (κ3) is 3.55. The smallest absolute Gasteiger partial charge is 0.312 e. The van der Waals surface area contributed by atoms with E-state index in [2.05, 4.69) is 10.4 Å². The molecular weight excluding hydrogens is 331 g/mol. The van der Waals surface area contributed by atoms with Crippen LogP contribution < -0.4 is 5.32 Å². The molecule has 0 bridgehead atoms. The van der Waals surface area contributed by atoms with Crippen molar-refractivity contribution in [1.82, 2.24) is 9.78 Å². The van der Waals surface area contributed by atoms with Gasteiger partial charge in [0.05, 0.1) is 4.92 Å². The van der Waals surface area contributed by atoms with Gasteiger partial charge in [-0.05, 0) is 32.0 Å². The molecule has 2 rings (SSSR count). The molecular formula is C13H12Cl2N4O3. The molecule has 0 aliphatic carbocycles. The summed E-state index contributed by atoms with van der Waals surface area (Å²) in [5.74, 6) is -0.390. The van der Waals surface area contributed by atoms with E-state index in [0.717, 1.165) is 0 Å². The number of anilines is 1. The fourth-order valence-electron chi connectivity index (χ4n) is 2.07. The molecule has 0 radical (unpaired) electrons. The summed E-state index contributed by atoms with van der Waals surface area (Å²) in [6, 6.07) is 4.65. The van der Waals surface area contributed by atoms with Crippen molar-refractivity contribution in [3.8, 4) is 0 Å². The van der Waals surface area contributed by atoms with Gasteiger partial charge in [0.15, 0.2) is 0 Å². The molecule has 0 unspecified atom stereocenters. The van der Waals surface area contributed by atoms with Gasteiger partial charge < -0.3 is 5.32 Å². The number of aryl methyl sites for hydroxylation is 1. The van der Waals surface area contributed by atoms with E-state index in [9.17, 15) is 14.9 Å². The quantitative estimate of drug-likeness (QED) is 0.681. The van der Waals surface area contributed by atoms with Crippen LogP contribution in [0.4, 0.5) is 11.4 Å². The zero-order valence-corrected chi connectivity index (χ0v) is 13.3. The number of aromatic nitrogens is 2. The number of rotatable bonds is 4. The molecule has 0 saturated carbocycles. The molecule has 0 atom stereocenters. The number of benzene rings is 1. The first-order valence-corrected chi connectivity index (χ1v) is 6.98. The lowest BCUT2D eigenvalue weighted by atomic mass is 10.3. The SMILES string of the molecule is Cc1nn(CC(=O)Nc2cc(Cl)cc(Cl)c2)c(C)c1[N+](=O)[O-]. The number of nitro groups is 1. The van der Waals surface area contributed by atoms with Crippen molar-refractivity contribution in [1.29, 1.82) is 0 Å². The second-order valence-electron chi connectivity index (χ2n) is 4.64. The van der Waals surface area contributed by atoms with Crippen molar-refractivity contribution in [2.75, 3.05) is 5.32 Å². The highest BCUT2D eigenvalue weighted by molar-refractivity contribution is 6.35. The van der Waals surface area contributed by atoms with Gasteiger partial charge in [-0.15, -0.1) is 0 Å². The standard InChI is InChI=1S/C13H12Cl2N4O3/c1-7-13(19(21)22)8(2)18(17-7)6-12(20)16-11-4-9(14)3-10(15)5-11/h3-5H,6H2,1-2H3,(H,16,20). The third-order valence-corrected chi connectivity index (χ3v) is 3.40. The number of carbonyl (C=O) groups is 1. The molecule has 1 aromatic heterocycles. The molecule has 1 amide bonds. The minimum absolute atomic E-state index is 0.0846. The van der Waals surface area contributed by atoms with Gasteiger partial charge in [-0.2, -0.15) is 5.10 Å². The van der Waals surface area contributed by atoms with Gasteiger partial charge in [0.2, 0.25) is 5.91 Å². The molecule has 0 aliphatic rings. The van der Waals surface area contributed by atoms with Crippen LogP contribution >= 0.6 is 23.2 Å². The first-order valence-electron chi connectivity index (χ1n) is 6.22. The van der Waals surface area contributed by atoms with Crippen molar-refractivity contribution in [3.63, 3.8) is 0 Å². The Morgan fingerprint density at radius 1 is 1.32 bits per heavy atom. The molecule has 0 aliphatic heterocycles. The highest BCUT2D eigenvalue weighted by atomic mass is 35.5. The second kappa shape index (κ2) is 6.33. The van der Waals surface area contributed by atoms with Crippen LogP contribution in [0.1, 0.15) is 11.4 Å². The van der Waals surface area contributed by atoms with Gasteiger partial charge in [-0.1, -0.05) is 23.2 Å². The number of carbonyl (C=O) groups excluding carboxylic acids is 1. The average molecular weight is 343 g/mol. The summed E-state index contributed by atoms with van der Waals surface area (Å²) >= 11 is 11.7. The van der Waals surface area contributed by atoms with E-state index < -0.39 is 4.92 Å². The minimum atomic E-state index is -0.511. The molecule has 0 saturated heterocycles. The average Bonchev–Trinajstić information content (AvgIpc) is 2.62. The van der Waals surface area contributed by atoms with E-state index in [1.54, 1.807) is 25.1 Å². The Morgan fingerprint density at radius 2 is 1.91 bits per heavy atom. The molecule has 2 aromatic rings. The number of halogens is 2. The number of amides is 1. The summed E-state index contributed by atoms with van der Waals surface area (Å²) in [4.78, 5) is 22.4. The van der Waals surface area contributed by atoms with Crippen LogP contribution in [-0.4, -0.2) is 20.6 Å². The first-order chi connectivity index (χ1) is 10.3. The Balaban J connectivity index is 2.16. The van der Waals surface area contributed by atoms with Gasteiger partial charge in [0.1, 0.15) is 17.9 Å².